The van der Waals surface area contributed by atoms with Crippen LogP contribution in [0.1, 0.15) is 26.2 Å². The number of guanidine groups is 1. The summed E-state index contributed by atoms with van der Waals surface area (Å²) in [5, 5.41) is 6.79. The van der Waals surface area contributed by atoms with Gasteiger partial charge in [-0.2, -0.15) is 0 Å². The van der Waals surface area contributed by atoms with E-state index in [9.17, 15) is 0 Å². The first-order valence-corrected chi connectivity index (χ1v) is 8.70. The van der Waals surface area contributed by atoms with Crippen molar-refractivity contribution in [3.63, 3.8) is 0 Å². The topological polar surface area (TPSA) is 48.9 Å². The summed E-state index contributed by atoms with van der Waals surface area (Å²) in [6.45, 7) is 7.13. The quantitative estimate of drug-likeness (QED) is 0.279. The third-order valence-electron chi connectivity index (χ3n) is 4.26. The lowest BCUT2D eigenvalue weighted by molar-refractivity contribution is 0.267. The molecule has 1 aliphatic rings. The molecule has 0 radical (unpaired) electrons. The van der Waals surface area contributed by atoms with Gasteiger partial charge < -0.3 is 15.4 Å². The lowest BCUT2D eigenvalue weighted by Gasteiger charge is -2.24. The number of para-hydroxylation sites is 1. The smallest absolute Gasteiger partial charge is 0.191 e. The van der Waals surface area contributed by atoms with E-state index in [0.717, 1.165) is 37.8 Å². The summed E-state index contributed by atoms with van der Waals surface area (Å²) in [6, 6.07) is 10.6. The Morgan fingerprint density at radius 2 is 2.08 bits per heavy atom. The number of hydrogen-bond acceptors (Lipinski definition) is 3. The maximum absolute atomic E-state index is 5.68. The average molecular weight is 446 g/mol. The molecule has 24 heavy (non-hydrogen) atoms. The zero-order chi connectivity index (χ0) is 16.3. The van der Waals surface area contributed by atoms with Crippen LogP contribution in [0.25, 0.3) is 0 Å². The van der Waals surface area contributed by atoms with Crippen LogP contribution in [0.5, 0.6) is 5.75 Å². The highest BCUT2D eigenvalue weighted by molar-refractivity contribution is 14.0. The lowest BCUT2D eigenvalue weighted by atomic mass is 10.2. The minimum Gasteiger partial charge on any atom is -0.494 e. The third-order valence-corrected chi connectivity index (χ3v) is 4.26. The predicted octanol–water partition coefficient (Wildman–Crippen LogP) is 2.72. The Morgan fingerprint density at radius 1 is 1.29 bits per heavy atom. The maximum atomic E-state index is 5.68. The molecule has 1 aromatic carbocycles. The highest BCUT2D eigenvalue weighted by Gasteiger charge is 2.22. The molecule has 0 spiro atoms. The van der Waals surface area contributed by atoms with Crippen molar-refractivity contribution in [2.24, 2.45) is 4.99 Å². The molecule has 1 atom stereocenters. The van der Waals surface area contributed by atoms with E-state index in [2.05, 4.69) is 27.4 Å². The van der Waals surface area contributed by atoms with Gasteiger partial charge >= 0.3 is 0 Å². The lowest BCUT2D eigenvalue weighted by Crippen LogP contribution is -2.45. The highest BCUT2D eigenvalue weighted by atomic mass is 127. The number of aliphatic imine (C=N–C) groups is 1. The van der Waals surface area contributed by atoms with Crippen molar-refractivity contribution >= 4 is 29.9 Å². The first-order chi connectivity index (χ1) is 11.3. The molecule has 0 saturated carbocycles. The van der Waals surface area contributed by atoms with Crippen molar-refractivity contribution in [1.29, 1.82) is 0 Å². The second-order valence-electron chi connectivity index (χ2n) is 5.82. The van der Waals surface area contributed by atoms with Crippen molar-refractivity contribution in [1.82, 2.24) is 15.5 Å². The number of likely N-dealkylation sites (N-methyl/N-ethyl adjacent to an activating group) is 1. The fourth-order valence-corrected chi connectivity index (χ4v) is 2.96. The van der Waals surface area contributed by atoms with Crippen LogP contribution in [-0.2, 0) is 0 Å². The fraction of sp³-hybridized carbons (Fsp3) is 0.611. The van der Waals surface area contributed by atoms with Gasteiger partial charge in [0.05, 0.1) is 6.61 Å². The number of rotatable bonds is 8. The molecule has 5 nitrogen and oxygen atoms in total. The van der Waals surface area contributed by atoms with E-state index in [0.29, 0.717) is 12.6 Å². The van der Waals surface area contributed by atoms with E-state index >= 15 is 0 Å². The normalized spacial score (nSPS) is 18.1. The van der Waals surface area contributed by atoms with Crippen LogP contribution in [-0.4, -0.2) is 56.7 Å². The fourth-order valence-electron chi connectivity index (χ4n) is 2.96. The molecule has 6 heteroatoms. The van der Waals surface area contributed by atoms with E-state index < -0.39 is 0 Å². The number of nitrogens with one attached hydrogen (secondary N) is 2. The highest BCUT2D eigenvalue weighted by Crippen LogP contribution is 2.15. The van der Waals surface area contributed by atoms with E-state index in [4.69, 9.17) is 4.74 Å². The summed E-state index contributed by atoms with van der Waals surface area (Å²) >= 11 is 0. The van der Waals surface area contributed by atoms with Crippen LogP contribution in [0.2, 0.25) is 0 Å². The molecule has 2 rings (SSSR count). The van der Waals surface area contributed by atoms with E-state index in [1.54, 1.807) is 0 Å². The first kappa shape index (κ1) is 21.0. The Kier molecular flexibility index (Phi) is 10.8. The van der Waals surface area contributed by atoms with Gasteiger partial charge in [-0.15, -0.1) is 24.0 Å². The number of likely N-dealkylation sites (tertiary alicyclic amines) is 1. The van der Waals surface area contributed by atoms with E-state index in [1.807, 2.05) is 37.4 Å². The Labute approximate surface area is 163 Å². The Balaban J connectivity index is 0.00000288. The van der Waals surface area contributed by atoms with Crippen LogP contribution in [0, 0.1) is 0 Å². The summed E-state index contributed by atoms with van der Waals surface area (Å²) in [7, 11) is 1.82. The van der Waals surface area contributed by atoms with Crippen LogP contribution in [0.15, 0.2) is 35.3 Å². The summed E-state index contributed by atoms with van der Waals surface area (Å²) in [5.41, 5.74) is 0. The molecular formula is C18H31IN4O. The zero-order valence-corrected chi connectivity index (χ0v) is 17.2. The van der Waals surface area contributed by atoms with Gasteiger partial charge in [-0.3, -0.25) is 9.89 Å². The minimum absolute atomic E-state index is 0. The van der Waals surface area contributed by atoms with Crippen molar-refractivity contribution in [3.8, 4) is 5.75 Å². The SMILES string of the molecule is CCN1CCCC1CNC(=NC)NCCCOc1ccccc1.I. The van der Waals surface area contributed by atoms with Gasteiger partial charge in [0.1, 0.15) is 5.75 Å². The van der Waals surface area contributed by atoms with Crippen molar-refractivity contribution in [3.05, 3.63) is 30.3 Å². The van der Waals surface area contributed by atoms with E-state index in [-0.39, 0.29) is 24.0 Å². The monoisotopic (exact) mass is 446 g/mol. The van der Waals surface area contributed by atoms with Crippen molar-refractivity contribution in [2.75, 3.05) is 39.8 Å². The largest absolute Gasteiger partial charge is 0.494 e. The first-order valence-electron chi connectivity index (χ1n) is 8.70. The van der Waals surface area contributed by atoms with Gasteiger partial charge in [0.15, 0.2) is 5.96 Å². The molecule has 136 valence electrons. The van der Waals surface area contributed by atoms with Gasteiger partial charge in [-0.1, -0.05) is 25.1 Å². The Bertz CT molecular complexity index is 469. The molecule has 0 aromatic heterocycles. The van der Waals surface area contributed by atoms with Crippen molar-refractivity contribution in [2.45, 2.75) is 32.2 Å². The Morgan fingerprint density at radius 3 is 2.79 bits per heavy atom. The molecule has 0 amide bonds. The summed E-state index contributed by atoms with van der Waals surface area (Å²) in [6.07, 6.45) is 3.53. The summed E-state index contributed by atoms with van der Waals surface area (Å²) in [5.74, 6) is 1.81. The van der Waals surface area contributed by atoms with Gasteiger partial charge in [-0.05, 0) is 44.5 Å². The van der Waals surface area contributed by atoms with Crippen molar-refractivity contribution < 1.29 is 4.74 Å². The number of hydrogen-bond donors (Lipinski definition) is 2. The maximum Gasteiger partial charge on any atom is 0.191 e. The second kappa shape index (κ2) is 12.4. The standard InChI is InChI=1S/C18H30N4O.HI/c1-3-22-13-7-9-16(22)15-21-18(19-2)20-12-8-14-23-17-10-5-4-6-11-17;/h4-6,10-11,16H,3,7-9,12-15H2,1-2H3,(H2,19,20,21);1H. The van der Waals surface area contributed by atoms with Crippen LogP contribution in [0.3, 0.4) is 0 Å². The minimum atomic E-state index is 0. The summed E-state index contributed by atoms with van der Waals surface area (Å²) < 4.78 is 5.68. The average Bonchev–Trinajstić information content (AvgIpc) is 3.06. The predicted molar refractivity (Wildman–Crippen MR) is 112 cm³/mol. The number of benzene rings is 1. The molecule has 1 saturated heterocycles. The van der Waals surface area contributed by atoms with Crippen LogP contribution in [0.4, 0.5) is 0 Å². The molecule has 1 fully saturated rings. The number of halogens is 1. The molecule has 0 aliphatic carbocycles. The number of ether oxygens (including phenoxy) is 1. The molecule has 1 aliphatic heterocycles. The number of nitrogens with zero attached hydrogens (tertiary/aromatic N) is 2. The van der Waals surface area contributed by atoms with Gasteiger partial charge in [0, 0.05) is 26.2 Å². The third kappa shape index (κ3) is 7.25. The molecule has 2 N–H and O–H groups in total. The van der Waals surface area contributed by atoms with E-state index in [1.165, 1.54) is 19.4 Å². The Hall–Kier alpha value is -1.02. The molecule has 1 heterocycles. The zero-order valence-electron chi connectivity index (χ0n) is 14.8. The molecule has 0 bridgehead atoms. The van der Waals surface area contributed by atoms with Crippen LogP contribution >= 0.6 is 24.0 Å². The molecular weight excluding hydrogens is 415 g/mol. The molecule has 1 aromatic rings. The van der Waals surface area contributed by atoms with Gasteiger partial charge in [0.2, 0.25) is 0 Å². The van der Waals surface area contributed by atoms with Gasteiger partial charge in [-0.25, -0.2) is 0 Å². The summed E-state index contributed by atoms with van der Waals surface area (Å²) in [4.78, 5) is 6.83. The second-order valence-corrected chi connectivity index (χ2v) is 5.82. The van der Waals surface area contributed by atoms with Gasteiger partial charge in [0.25, 0.3) is 0 Å². The van der Waals surface area contributed by atoms with Crippen LogP contribution < -0.4 is 15.4 Å². The molecule has 1 unspecified atom stereocenters.